The van der Waals surface area contributed by atoms with Gasteiger partial charge in [0.15, 0.2) is 0 Å². The molecule has 0 radical (unpaired) electrons. The Hall–Kier alpha value is 0.170. The van der Waals surface area contributed by atoms with Gasteiger partial charge >= 0.3 is 0 Å². The Balaban J connectivity index is 2.28. The van der Waals surface area contributed by atoms with Crippen LogP contribution in [-0.4, -0.2) is 6.54 Å². The van der Waals surface area contributed by atoms with E-state index in [0.29, 0.717) is 0 Å². The third-order valence-corrected chi connectivity index (χ3v) is 3.43. The van der Waals surface area contributed by atoms with Crippen LogP contribution in [0.4, 0.5) is 0 Å². The third-order valence-electron chi connectivity index (χ3n) is 1.33. The maximum Gasteiger partial charge on any atom is 0.0327 e. The van der Waals surface area contributed by atoms with Crippen molar-refractivity contribution in [3.05, 3.63) is 32.4 Å². The van der Waals surface area contributed by atoms with Crippen molar-refractivity contribution in [2.24, 2.45) is 0 Å². The zero-order valence-corrected chi connectivity index (χ0v) is 9.55. The fourth-order valence-corrected chi connectivity index (χ4v) is 2.32. The Morgan fingerprint density at radius 1 is 1.67 bits per heavy atom. The van der Waals surface area contributed by atoms with Gasteiger partial charge in [-0.05, 0) is 27.4 Å². The van der Waals surface area contributed by atoms with E-state index in [0.717, 1.165) is 13.1 Å². The van der Waals surface area contributed by atoms with E-state index in [1.165, 1.54) is 14.9 Å². The fourth-order valence-electron chi connectivity index (χ4n) is 0.765. The molecule has 0 saturated carbocycles. The van der Waals surface area contributed by atoms with E-state index in [2.05, 4.69) is 32.7 Å². The van der Waals surface area contributed by atoms with Crippen LogP contribution in [0.5, 0.6) is 0 Å². The predicted molar refractivity (Wildman–Crippen MR) is 58.7 cm³/mol. The second-order valence-corrected chi connectivity index (χ2v) is 4.29. The normalized spacial score (nSPS) is 11.2. The van der Waals surface area contributed by atoms with Gasteiger partial charge in [0.1, 0.15) is 0 Å². The standard InChI is InChI=1S/C8H9BrClNS/c9-7-2-5-12-8(7)6-11-4-1-3-10/h1-3,5,11H,4,6H2/b3-1+. The van der Waals surface area contributed by atoms with Gasteiger partial charge < -0.3 is 5.32 Å². The van der Waals surface area contributed by atoms with E-state index in [-0.39, 0.29) is 0 Å². The molecule has 0 aromatic carbocycles. The predicted octanol–water partition coefficient (Wildman–Crippen LogP) is 3.35. The van der Waals surface area contributed by atoms with Crippen LogP contribution in [0.15, 0.2) is 27.5 Å². The topological polar surface area (TPSA) is 12.0 Å². The molecule has 0 saturated heterocycles. The summed E-state index contributed by atoms with van der Waals surface area (Å²) in [6.45, 7) is 1.70. The van der Waals surface area contributed by atoms with Gasteiger partial charge in [-0.3, -0.25) is 0 Å². The van der Waals surface area contributed by atoms with Crippen LogP contribution in [0.25, 0.3) is 0 Å². The maximum absolute atomic E-state index is 5.37. The molecule has 0 spiro atoms. The molecule has 1 nitrogen and oxygen atoms in total. The monoisotopic (exact) mass is 265 g/mol. The van der Waals surface area contributed by atoms with Crippen LogP contribution >= 0.6 is 38.9 Å². The first-order valence-corrected chi connectivity index (χ1v) is 5.63. The lowest BCUT2D eigenvalue weighted by molar-refractivity contribution is 0.768. The average Bonchev–Trinajstić information content (AvgIpc) is 2.46. The number of halogens is 2. The minimum Gasteiger partial charge on any atom is -0.308 e. The van der Waals surface area contributed by atoms with Crippen molar-refractivity contribution in [3.63, 3.8) is 0 Å². The second-order valence-electron chi connectivity index (χ2n) is 2.18. The van der Waals surface area contributed by atoms with Gasteiger partial charge in [-0.1, -0.05) is 17.7 Å². The molecule has 0 atom stereocenters. The van der Waals surface area contributed by atoms with E-state index < -0.39 is 0 Å². The molecule has 0 bridgehead atoms. The van der Waals surface area contributed by atoms with Gasteiger partial charge in [-0.25, -0.2) is 0 Å². The van der Waals surface area contributed by atoms with E-state index in [9.17, 15) is 0 Å². The smallest absolute Gasteiger partial charge is 0.0327 e. The van der Waals surface area contributed by atoms with Crippen molar-refractivity contribution in [3.8, 4) is 0 Å². The highest BCUT2D eigenvalue weighted by Gasteiger charge is 1.98. The molecule has 0 aliphatic carbocycles. The molecular weight excluding hydrogens is 258 g/mol. The Labute approximate surface area is 89.6 Å². The SMILES string of the molecule is Cl/C=C/CNCc1sccc1Br. The second kappa shape index (κ2) is 5.75. The molecule has 1 heterocycles. The molecule has 1 aromatic rings. The van der Waals surface area contributed by atoms with Crippen LogP contribution < -0.4 is 5.32 Å². The molecule has 0 fully saturated rings. The number of hydrogen-bond acceptors (Lipinski definition) is 2. The Bertz CT molecular complexity index is 259. The van der Waals surface area contributed by atoms with E-state index >= 15 is 0 Å². The highest BCUT2D eigenvalue weighted by molar-refractivity contribution is 9.10. The first kappa shape index (κ1) is 10.3. The van der Waals surface area contributed by atoms with Crippen molar-refractivity contribution >= 4 is 38.9 Å². The molecule has 12 heavy (non-hydrogen) atoms. The number of thiophene rings is 1. The van der Waals surface area contributed by atoms with Crippen LogP contribution in [0.2, 0.25) is 0 Å². The first-order valence-electron chi connectivity index (χ1n) is 3.52. The molecule has 0 aliphatic heterocycles. The average molecular weight is 267 g/mol. The largest absolute Gasteiger partial charge is 0.308 e. The molecule has 1 aromatic heterocycles. The van der Waals surface area contributed by atoms with E-state index in [4.69, 9.17) is 11.6 Å². The summed E-state index contributed by atoms with van der Waals surface area (Å²) in [6.07, 6.45) is 1.88. The summed E-state index contributed by atoms with van der Waals surface area (Å²) in [4.78, 5) is 1.32. The molecule has 0 unspecified atom stereocenters. The molecule has 1 N–H and O–H groups in total. The molecule has 1 rings (SSSR count). The van der Waals surface area contributed by atoms with E-state index in [1.54, 1.807) is 11.3 Å². The summed E-state index contributed by atoms with van der Waals surface area (Å²) in [6, 6.07) is 2.05. The van der Waals surface area contributed by atoms with Gasteiger partial charge in [-0.15, -0.1) is 11.3 Å². The van der Waals surface area contributed by atoms with Crippen molar-refractivity contribution in [2.45, 2.75) is 6.54 Å². The van der Waals surface area contributed by atoms with Crippen molar-refractivity contribution in [1.29, 1.82) is 0 Å². The van der Waals surface area contributed by atoms with Gasteiger partial charge in [0, 0.05) is 28.0 Å². The van der Waals surface area contributed by atoms with E-state index in [1.807, 2.05) is 6.08 Å². The molecule has 66 valence electrons. The minimum atomic E-state index is 0.813. The summed E-state index contributed by atoms with van der Waals surface area (Å²) in [7, 11) is 0. The third kappa shape index (κ3) is 3.27. The summed E-state index contributed by atoms with van der Waals surface area (Å²) in [5.41, 5.74) is 1.52. The maximum atomic E-state index is 5.37. The summed E-state index contributed by atoms with van der Waals surface area (Å²) in [5, 5.41) is 5.31. The highest BCUT2D eigenvalue weighted by Crippen LogP contribution is 2.21. The number of nitrogens with one attached hydrogen (secondary N) is 1. The number of rotatable bonds is 4. The summed E-state index contributed by atoms with van der Waals surface area (Å²) in [5.74, 6) is 0. The van der Waals surface area contributed by atoms with Crippen LogP contribution in [0.3, 0.4) is 0 Å². The van der Waals surface area contributed by atoms with Gasteiger partial charge in [0.05, 0.1) is 0 Å². The Morgan fingerprint density at radius 2 is 2.50 bits per heavy atom. The zero-order chi connectivity index (χ0) is 8.81. The molecule has 0 aliphatic rings. The minimum absolute atomic E-state index is 0.813. The summed E-state index contributed by atoms with van der Waals surface area (Å²) < 4.78 is 1.18. The lowest BCUT2D eigenvalue weighted by Crippen LogP contribution is -2.11. The van der Waals surface area contributed by atoms with Gasteiger partial charge in [0.2, 0.25) is 0 Å². The lowest BCUT2D eigenvalue weighted by atomic mass is 10.4. The zero-order valence-electron chi connectivity index (χ0n) is 6.39. The van der Waals surface area contributed by atoms with Gasteiger partial charge in [-0.2, -0.15) is 0 Å². The fraction of sp³-hybridized carbons (Fsp3) is 0.250. The van der Waals surface area contributed by atoms with Crippen LogP contribution in [0, 0.1) is 0 Å². The van der Waals surface area contributed by atoms with Crippen LogP contribution in [-0.2, 0) is 6.54 Å². The molecule has 0 amide bonds. The Kier molecular flexibility index (Phi) is 4.92. The molecule has 4 heteroatoms. The summed E-state index contributed by atoms with van der Waals surface area (Å²) >= 11 is 10.6. The van der Waals surface area contributed by atoms with Crippen molar-refractivity contribution in [2.75, 3.05) is 6.54 Å². The number of hydrogen-bond donors (Lipinski definition) is 1. The lowest BCUT2D eigenvalue weighted by Gasteiger charge is -1.98. The first-order chi connectivity index (χ1) is 5.84. The van der Waals surface area contributed by atoms with Crippen molar-refractivity contribution in [1.82, 2.24) is 5.32 Å². The quantitative estimate of drug-likeness (QED) is 0.824. The van der Waals surface area contributed by atoms with Crippen LogP contribution in [0.1, 0.15) is 4.88 Å². The van der Waals surface area contributed by atoms with Crippen molar-refractivity contribution < 1.29 is 0 Å². The Morgan fingerprint density at radius 3 is 3.08 bits per heavy atom. The highest BCUT2D eigenvalue weighted by atomic mass is 79.9. The van der Waals surface area contributed by atoms with Gasteiger partial charge in [0.25, 0.3) is 0 Å². The molecular formula is C8H9BrClNS.